The van der Waals surface area contributed by atoms with Gasteiger partial charge in [0.2, 0.25) is 0 Å². The van der Waals surface area contributed by atoms with Gasteiger partial charge in [0, 0.05) is 37.6 Å². The largest absolute Gasteiger partial charge is 0.379 e. The van der Waals surface area contributed by atoms with Crippen molar-refractivity contribution in [2.75, 3.05) is 64.5 Å². The average Bonchev–Trinajstić information content (AvgIpc) is 3.29. The molecule has 3 aromatic rings. The molecule has 186 valence electrons. The predicted molar refractivity (Wildman–Crippen MR) is 140 cm³/mol. The molecule has 1 N–H and O–H groups in total. The smallest absolute Gasteiger partial charge is 0.146 e. The number of rotatable bonds is 7. The van der Waals surface area contributed by atoms with Crippen molar-refractivity contribution in [2.45, 2.75) is 38.3 Å². The van der Waals surface area contributed by atoms with Crippen LogP contribution in [0.4, 0.5) is 5.82 Å². The lowest BCUT2D eigenvalue weighted by atomic mass is 9.96. The number of ether oxygens (including phenoxy) is 2. The topological polar surface area (TPSA) is 62.8 Å². The molecule has 0 saturated carbocycles. The first-order valence-corrected chi connectivity index (χ1v) is 13.9. The van der Waals surface area contributed by atoms with Gasteiger partial charge in [-0.25, -0.2) is 9.97 Å². The van der Waals surface area contributed by atoms with E-state index in [1.807, 2.05) is 11.3 Å². The standard InChI is InChI=1S/C27H35N5O2S/c1-2-6-20(7-3-1)22(18-31-10-14-33-15-11-31)28-26-25-21-8-4-5-9-23(21)35-27(25)30-24(29-26)19-32-12-16-34-17-13-32/h1-3,6-7,22H,4-5,8-19H2,(H,28,29,30). The zero-order valence-electron chi connectivity index (χ0n) is 20.4. The molecule has 0 amide bonds. The van der Waals surface area contributed by atoms with Crippen LogP contribution in [0.1, 0.15) is 40.7 Å². The van der Waals surface area contributed by atoms with Gasteiger partial charge in [0.1, 0.15) is 16.5 Å². The maximum atomic E-state index is 5.61. The van der Waals surface area contributed by atoms with Gasteiger partial charge in [-0.05, 0) is 36.8 Å². The number of nitrogens with one attached hydrogen (secondary N) is 1. The van der Waals surface area contributed by atoms with Crippen LogP contribution in [0.3, 0.4) is 0 Å². The Labute approximate surface area is 211 Å². The summed E-state index contributed by atoms with van der Waals surface area (Å²) >= 11 is 1.89. The quantitative estimate of drug-likeness (QED) is 0.536. The zero-order valence-corrected chi connectivity index (χ0v) is 21.2. The van der Waals surface area contributed by atoms with Crippen LogP contribution in [-0.2, 0) is 28.9 Å². The number of fused-ring (bicyclic) bond motifs is 3. The first kappa shape index (κ1) is 23.3. The van der Waals surface area contributed by atoms with Gasteiger partial charge in [-0.3, -0.25) is 9.80 Å². The lowest BCUT2D eigenvalue weighted by molar-refractivity contribution is 0.0331. The van der Waals surface area contributed by atoms with Crippen LogP contribution in [0.15, 0.2) is 30.3 Å². The fraction of sp³-hybridized carbons (Fsp3) is 0.556. The summed E-state index contributed by atoms with van der Waals surface area (Å²) in [6, 6.07) is 11.0. The Kier molecular flexibility index (Phi) is 7.25. The molecule has 2 aliphatic heterocycles. The van der Waals surface area contributed by atoms with Gasteiger partial charge in [-0.2, -0.15) is 0 Å². The summed E-state index contributed by atoms with van der Waals surface area (Å²) in [5.74, 6) is 1.93. The number of aryl methyl sites for hydroxylation is 2. The van der Waals surface area contributed by atoms with Crippen LogP contribution in [-0.4, -0.2) is 78.9 Å². The number of hydrogen-bond donors (Lipinski definition) is 1. The second kappa shape index (κ2) is 10.9. The summed E-state index contributed by atoms with van der Waals surface area (Å²) in [5, 5.41) is 5.19. The van der Waals surface area contributed by atoms with Gasteiger partial charge < -0.3 is 14.8 Å². The van der Waals surface area contributed by atoms with E-state index in [-0.39, 0.29) is 6.04 Å². The van der Waals surface area contributed by atoms with Gasteiger partial charge in [-0.15, -0.1) is 11.3 Å². The Morgan fingerprint density at radius 2 is 1.60 bits per heavy atom. The fourth-order valence-electron chi connectivity index (χ4n) is 5.46. The molecule has 0 bridgehead atoms. The van der Waals surface area contributed by atoms with E-state index in [1.165, 1.54) is 40.7 Å². The number of morpholine rings is 2. The van der Waals surface area contributed by atoms with E-state index in [2.05, 4.69) is 45.4 Å². The maximum Gasteiger partial charge on any atom is 0.146 e. The molecule has 3 aliphatic rings. The Hall–Kier alpha value is -2.10. The number of aromatic nitrogens is 2. The first-order chi connectivity index (χ1) is 17.3. The number of hydrogen-bond acceptors (Lipinski definition) is 8. The molecule has 7 nitrogen and oxygen atoms in total. The summed E-state index contributed by atoms with van der Waals surface area (Å²) in [5.41, 5.74) is 2.78. The second-order valence-electron chi connectivity index (χ2n) is 9.79. The minimum Gasteiger partial charge on any atom is -0.379 e. The molecule has 1 aliphatic carbocycles. The van der Waals surface area contributed by atoms with Crippen molar-refractivity contribution in [1.29, 1.82) is 0 Å². The number of nitrogens with zero attached hydrogens (tertiary/aromatic N) is 4. The van der Waals surface area contributed by atoms with E-state index in [1.54, 1.807) is 0 Å². The number of anilines is 1. The van der Waals surface area contributed by atoms with Crippen LogP contribution in [0.25, 0.3) is 10.2 Å². The second-order valence-corrected chi connectivity index (χ2v) is 10.9. The van der Waals surface area contributed by atoms with E-state index < -0.39 is 0 Å². The molecule has 4 heterocycles. The lowest BCUT2D eigenvalue weighted by Crippen LogP contribution is -2.40. The number of benzene rings is 1. The zero-order chi connectivity index (χ0) is 23.5. The molecule has 6 rings (SSSR count). The van der Waals surface area contributed by atoms with Crippen molar-refractivity contribution in [2.24, 2.45) is 0 Å². The summed E-state index contributed by atoms with van der Waals surface area (Å²) < 4.78 is 11.2. The lowest BCUT2D eigenvalue weighted by Gasteiger charge is -2.31. The van der Waals surface area contributed by atoms with Crippen molar-refractivity contribution in [1.82, 2.24) is 19.8 Å². The third-order valence-corrected chi connectivity index (χ3v) is 8.57. The minimum atomic E-state index is 0.155. The fourth-order valence-corrected chi connectivity index (χ4v) is 6.74. The Morgan fingerprint density at radius 1 is 0.886 bits per heavy atom. The summed E-state index contributed by atoms with van der Waals surface area (Å²) in [6.07, 6.45) is 4.84. The maximum absolute atomic E-state index is 5.61. The minimum absolute atomic E-state index is 0.155. The summed E-state index contributed by atoms with van der Waals surface area (Å²) in [7, 11) is 0. The van der Waals surface area contributed by atoms with E-state index in [9.17, 15) is 0 Å². The van der Waals surface area contributed by atoms with E-state index in [0.29, 0.717) is 0 Å². The summed E-state index contributed by atoms with van der Waals surface area (Å²) in [6.45, 7) is 8.72. The molecule has 35 heavy (non-hydrogen) atoms. The van der Waals surface area contributed by atoms with Crippen LogP contribution in [0.2, 0.25) is 0 Å². The van der Waals surface area contributed by atoms with Gasteiger partial charge in [0.15, 0.2) is 0 Å². The third-order valence-electron chi connectivity index (χ3n) is 7.39. The molecule has 2 saturated heterocycles. The molecular formula is C27H35N5O2S. The molecule has 0 spiro atoms. The highest BCUT2D eigenvalue weighted by Gasteiger charge is 2.25. The van der Waals surface area contributed by atoms with E-state index in [0.717, 1.165) is 88.6 Å². The molecular weight excluding hydrogens is 458 g/mol. The van der Waals surface area contributed by atoms with Gasteiger partial charge >= 0.3 is 0 Å². The van der Waals surface area contributed by atoms with Crippen molar-refractivity contribution in [3.05, 3.63) is 52.2 Å². The highest BCUT2D eigenvalue weighted by molar-refractivity contribution is 7.19. The highest BCUT2D eigenvalue weighted by atomic mass is 32.1. The van der Waals surface area contributed by atoms with Crippen molar-refractivity contribution >= 4 is 27.4 Å². The first-order valence-electron chi connectivity index (χ1n) is 13.1. The predicted octanol–water partition coefficient (Wildman–Crippen LogP) is 3.89. The van der Waals surface area contributed by atoms with Gasteiger partial charge in [-0.1, -0.05) is 30.3 Å². The molecule has 2 fully saturated rings. The Balaban J connectivity index is 1.36. The van der Waals surface area contributed by atoms with Crippen LogP contribution in [0.5, 0.6) is 0 Å². The SMILES string of the molecule is c1ccc(C(CN2CCOCC2)Nc2nc(CN3CCOCC3)nc3sc4c(c23)CCCC4)cc1. The summed E-state index contributed by atoms with van der Waals surface area (Å²) in [4.78, 5) is 17.9. The molecule has 2 aromatic heterocycles. The Morgan fingerprint density at radius 3 is 2.37 bits per heavy atom. The van der Waals surface area contributed by atoms with E-state index in [4.69, 9.17) is 19.4 Å². The van der Waals surface area contributed by atoms with Crippen molar-refractivity contribution in [3.63, 3.8) is 0 Å². The molecule has 8 heteroatoms. The molecule has 1 aromatic carbocycles. The average molecular weight is 494 g/mol. The van der Waals surface area contributed by atoms with Gasteiger partial charge in [0.05, 0.1) is 44.4 Å². The monoisotopic (exact) mass is 493 g/mol. The van der Waals surface area contributed by atoms with Crippen LogP contribution >= 0.6 is 11.3 Å². The Bertz CT molecular complexity index is 1130. The number of thiophene rings is 1. The molecule has 0 radical (unpaired) electrons. The van der Waals surface area contributed by atoms with Crippen LogP contribution in [0, 0.1) is 0 Å². The third kappa shape index (κ3) is 5.37. The molecule has 1 atom stereocenters. The van der Waals surface area contributed by atoms with Crippen molar-refractivity contribution < 1.29 is 9.47 Å². The van der Waals surface area contributed by atoms with E-state index >= 15 is 0 Å². The molecule has 1 unspecified atom stereocenters. The van der Waals surface area contributed by atoms with Gasteiger partial charge in [0.25, 0.3) is 0 Å². The highest BCUT2D eigenvalue weighted by Crippen LogP contribution is 2.39. The normalized spacial score (nSPS) is 20.6. The van der Waals surface area contributed by atoms with Crippen molar-refractivity contribution in [3.8, 4) is 0 Å². The van der Waals surface area contributed by atoms with Crippen LogP contribution < -0.4 is 5.32 Å².